The van der Waals surface area contributed by atoms with Gasteiger partial charge in [-0.15, -0.1) is 0 Å². The molecule has 166 valence electrons. The van der Waals surface area contributed by atoms with Crippen LogP contribution in [-0.2, 0) is 20.9 Å². The number of urea groups is 1. The molecule has 7 nitrogen and oxygen atoms in total. The molecule has 0 aliphatic heterocycles. The largest absolute Gasteiger partial charge is 0.454 e. The number of benzene rings is 2. The van der Waals surface area contributed by atoms with Crippen LogP contribution in [0, 0.1) is 5.92 Å². The fourth-order valence-electron chi connectivity index (χ4n) is 2.97. The first kappa shape index (κ1) is 23.9. The van der Waals surface area contributed by atoms with Crippen LogP contribution in [0.5, 0.6) is 0 Å². The predicted octanol–water partition coefficient (Wildman–Crippen LogP) is 3.81. The fourth-order valence-corrected chi connectivity index (χ4v) is 2.97. The minimum Gasteiger partial charge on any atom is -0.454 e. The molecular formula is C24H31N3O4. The third kappa shape index (κ3) is 7.77. The summed E-state index contributed by atoms with van der Waals surface area (Å²) in [5.74, 6) is -1.15. The van der Waals surface area contributed by atoms with E-state index in [1.807, 2.05) is 50.2 Å². The zero-order valence-corrected chi connectivity index (χ0v) is 18.5. The van der Waals surface area contributed by atoms with Crippen molar-refractivity contribution in [3.05, 3.63) is 66.2 Å². The second-order valence-electron chi connectivity index (χ2n) is 7.89. The Morgan fingerprint density at radius 1 is 0.903 bits per heavy atom. The van der Waals surface area contributed by atoms with Gasteiger partial charge in [-0.25, -0.2) is 9.59 Å². The van der Waals surface area contributed by atoms with Gasteiger partial charge in [0.05, 0.1) is 0 Å². The average molecular weight is 426 g/mol. The molecule has 0 saturated carbocycles. The summed E-state index contributed by atoms with van der Waals surface area (Å²) in [7, 11) is 0. The topological polar surface area (TPSA) is 87.7 Å². The number of carbonyl (C=O) groups excluding carboxylic acids is 3. The monoisotopic (exact) mass is 425 g/mol. The van der Waals surface area contributed by atoms with Crippen LogP contribution in [0.1, 0.15) is 33.3 Å². The molecule has 2 aromatic carbocycles. The molecule has 2 N–H and O–H groups in total. The molecule has 1 atom stereocenters. The summed E-state index contributed by atoms with van der Waals surface area (Å²) >= 11 is 0. The van der Waals surface area contributed by atoms with Crippen molar-refractivity contribution in [2.45, 2.75) is 46.3 Å². The van der Waals surface area contributed by atoms with E-state index in [0.717, 1.165) is 5.56 Å². The van der Waals surface area contributed by atoms with E-state index in [1.54, 1.807) is 43.0 Å². The van der Waals surface area contributed by atoms with Crippen molar-refractivity contribution in [2.24, 2.45) is 5.92 Å². The number of carbonyl (C=O) groups is 3. The van der Waals surface area contributed by atoms with Crippen LogP contribution in [-0.4, -0.2) is 41.5 Å². The number of anilines is 1. The number of amides is 3. The summed E-state index contributed by atoms with van der Waals surface area (Å²) in [6.07, 6.45) is 0. The Bertz CT molecular complexity index is 854. The number of ether oxygens (including phenoxy) is 1. The maximum Gasteiger partial charge on any atom is 0.329 e. The van der Waals surface area contributed by atoms with E-state index < -0.39 is 18.0 Å². The van der Waals surface area contributed by atoms with Crippen LogP contribution >= 0.6 is 0 Å². The van der Waals surface area contributed by atoms with Gasteiger partial charge >= 0.3 is 12.0 Å². The molecule has 0 aromatic heterocycles. The van der Waals surface area contributed by atoms with Crippen molar-refractivity contribution in [1.29, 1.82) is 0 Å². The van der Waals surface area contributed by atoms with Crippen LogP contribution in [0.2, 0.25) is 0 Å². The Kier molecular flexibility index (Phi) is 9.06. The number of nitrogens with one attached hydrogen (secondary N) is 2. The third-order valence-electron chi connectivity index (χ3n) is 4.72. The van der Waals surface area contributed by atoms with Gasteiger partial charge in [0.25, 0.3) is 5.91 Å². The van der Waals surface area contributed by atoms with Gasteiger partial charge in [0, 0.05) is 18.3 Å². The molecular weight excluding hydrogens is 394 g/mol. The van der Waals surface area contributed by atoms with E-state index in [4.69, 9.17) is 4.74 Å². The molecule has 0 saturated heterocycles. The van der Waals surface area contributed by atoms with Crippen molar-refractivity contribution in [3.63, 3.8) is 0 Å². The van der Waals surface area contributed by atoms with Crippen molar-refractivity contribution >= 4 is 23.6 Å². The minimum atomic E-state index is -0.877. The summed E-state index contributed by atoms with van der Waals surface area (Å²) in [6, 6.07) is 17.1. The van der Waals surface area contributed by atoms with E-state index in [1.165, 1.54) is 0 Å². The van der Waals surface area contributed by atoms with Gasteiger partial charge in [-0.1, -0.05) is 62.4 Å². The Labute approximate surface area is 183 Å². The minimum absolute atomic E-state index is 0.0536. The normalized spacial score (nSPS) is 11.7. The molecule has 0 heterocycles. The lowest BCUT2D eigenvalue weighted by Crippen LogP contribution is -2.48. The fraction of sp³-hybridized carbons (Fsp3) is 0.375. The maximum absolute atomic E-state index is 12.7. The quantitative estimate of drug-likeness (QED) is 0.598. The van der Waals surface area contributed by atoms with E-state index in [-0.39, 0.29) is 24.5 Å². The van der Waals surface area contributed by atoms with Gasteiger partial charge in [0.1, 0.15) is 6.04 Å². The van der Waals surface area contributed by atoms with Gasteiger partial charge in [-0.05, 0) is 37.5 Å². The highest BCUT2D eigenvalue weighted by Gasteiger charge is 2.27. The SMILES string of the molecule is CC(C)[C@H](NC(=O)Nc1ccccc1)C(=O)OCC(=O)N(Cc1ccccc1)C(C)C. The predicted molar refractivity (Wildman–Crippen MR) is 120 cm³/mol. The number of hydrogen-bond acceptors (Lipinski definition) is 4. The number of esters is 1. The number of nitrogens with zero attached hydrogens (tertiary/aromatic N) is 1. The first-order valence-corrected chi connectivity index (χ1v) is 10.4. The van der Waals surface area contributed by atoms with Gasteiger partial charge in [0.2, 0.25) is 0 Å². The maximum atomic E-state index is 12.7. The van der Waals surface area contributed by atoms with E-state index >= 15 is 0 Å². The van der Waals surface area contributed by atoms with Crippen LogP contribution in [0.4, 0.5) is 10.5 Å². The van der Waals surface area contributed by atoms with Crippen LogP contribution in [0.25, 0.3) is 0 Å². The van der Waals surface area contributed by atoms with E-state index in [2.05, 4.69) is 10.6 Å². The molecule has 0 aliphatic carbocycles. The van der Waals surface area contributed by atoms with Crippen LogP contribution < -0.4 is 10.6 Å². The number of rotatable bonds is 9. The molecule has 0 fully saturated rings. The Morgan fingerprint density at radius 3 is 2.03 bits per heavy atom. The molecule has 31 heavy (non-hydrogen) atoms. The summed E-state index contributed by atoms with van der Waals surface area (Å²) < 4.78 is 5.27. The Morgan fingerprint density at radius 2 is 1.48 bits per heavy atom. The molecule has 0 aliphatic rings. The van der Waals surface area contributed by atoms with Crippen LogP contribution in [0.3, 0.4) is 0 Å². The second-order valence-corrected chi connectivity index (χ2v) is 7.89. The van der Waals surface area contributed by atoms with Gasteiger partial charge < -0.3 is 20.3 Å². The van der Waals surface area contributed by atoms with Crippen LogP contribution in [0.15, 0.2) is 60.7 Å². The molecule has 3 amide bonds. The molecule has 2 rings (SSSR count). The van der Waals surface area contributed by atoms with E-state index in [9.17, 15) is 14.4 Å². The lowest BCUT2D eigenvalue weighted by atomic mass is 10.1. The molecule has 0 unspecified atom stereocenters. The molecule has 7 heteroatoms. The highest BCUT2D eigenvalue weighted by atomic mass is 16.5. The smallest absolute Gasteiger partial charge is 0.329 e. The summed E-state index contributed by atoms with van der Waals surface area (Å²) in [5.41, 5.74) is 1.61. The van der Waals surface area contributed by atoms with Crippen molar-refractivity contribution < 1.29 is 19.1 Å². The van der Waals surface area contributed by atoms with Crippen molar-refractivity contribution in [2.75, 3.05) is 11.9 Å². The van der Waals surface area contributed by atoms with Crippen molar-refractivity contribution in [3.8, 4) is 0 Å². The van der Waals surface area contributed by atoms with Gasteiger partial charge in [0.15, 0.2) is 6.61 Å². The van der Waals surface area contributed by atoms with Crippen molar-refractivity contribution in [1.82, 2.24) is 10.2 Å². The van der Waals surface area contributed by atoms with E-state index in [0.29, 0.717) is 12.2 Å². The highest BCUT2D eigenvalue weighted by molar-refractivity contribution is 5.93. The van der Waals surface area contributed by atoms with Gasteiger partial charge in [-0.3, -0.25) is 4.79 Å². The molecule has 0 spiro atoms. The second kappa shape index (κ2) is 11.7. The molecule has 2 aromatic rings. The number of para-hydroxylation sites is 1. The molecule has 0 bridgehead atoms. The average Bonchev–Trinajstić information content (AvgIpc) is 2.75. The molecule has 0 radical (unpaired) electrons. The number of hydrogen-bond donors (Lipinski definition) is 2. The Balaban J connectivity index is 1.93. The highest BCUT2D eigenvalue weighted by Crippen LogP contribution is 2.11. The Hall–Kier alpha value is -3.35. The zero-order valence-electron chi connectivity index (χ0n) is 18.5. The first-order valence-electron chi connectivity index (χ1n) is 10.4. The summed E-state index contributed by atoms with van der Waals surface area (Å²) in [4.78, 5) is 39.2. The summed E-state index contributed by atoms with van der Waals surface area (Å²) in [5, 5.41) is 5.31. The lowest BCUT2D eigenvalue weighted by Gasteiger charge is -2.27. The third-order valence-corrected chi connectivity index (χ3v) is 4.72. The lowest BCUT2D eigenvalue weighted by molar-refractivity contribution is -0.155. The zero-order chi connectivity index (χ0) is 22.8. The summed E-state index contributed by atoms with van der Waals surface area (Å²) in [6.45, 7) is 7.47. The van der Waals surface area contributed by atoms with Gasteiger partial charge in [-0.2, -0.15) is 0 Å². The standard InChI is InChI=1S/C24H31N3O4/c1-17(2)22(26-24(30)25-20-13-9-6-10-14-20)23(29)31-16-21(28)27(18(3)4)15-19-11-7-5-8-12-19/h5-14,17-18,22H,15-16H2,1-4H3,(H2,25,26,30)/t22-/m0/s1. The first-order chi connectivity index (χ1) is 14.8.